The molecule has 0 aromatic heterocycles. The largest absolute Gasteiger partial charge is 0.410 e. The number of rotatable bonds is 3. The first-order chi connectivity index (χ1) is 7.90. The van der Waals surface area contributed by atoms with Gasteiger partial charge in [0.15, 0.2) is 0 Å². The zero-order chi connectivity index (χ0) is 11.2. The van der Waals surface area contributed by atoms with Crippen molar-refractivity contribution < 1.29 is 14.8 Å². The van der Waals surface area contributed by atoms with E-state index in [9.17, 15) is 0 Å². The first-order valence-corrected chi connectivity index (χ1v) is 5.58. The Kier molecular flexibility index (Phi) is 3.91. The summed E-state index contributed by atoms with van der Waals surface area (Å²) in [5.41, 5.74) is 1.74. The fourth-order valence-electron chi connectivity index (χ4n) is 1.90. The molecule has 0 amide bonds. The van der Waals surface area contributed by atoms with Gasteiger partial charge in [0, 0.05) is 5.56 Å². The minimum absolute atomic E-state index is 0.748. The highest BCUT2D eigenvalue weighted by molar-refractivity contribution is 6.00. The monoisotopic (exact) mass is 221 g/mol. The van der Waals surface area contributed by atoms with Gasteiger partial charge in [-0.2, -0.15) is 0 Å². The van der Waals surface area contributed by atoms with Crippen LogP contribution in [0.15, 0.2) is 35.5 Å². The molecule has 86 valence electrons. The summed E-state index contributed by atoms with van der Waals surface area (Å²) in [4.78, 5) is 1.41. The second-order valence-corrected chi connectivity index (χ2v) is 3.95. The van der Waals surface area contributed by atoms with E-state index >= 15 is 0 Å². The van der Waals surface area contributed by atoms with E-state index in [0.717, 1.165) is 44.1 Å². The molecule has 1 aliphatic heterocycles. The van der Waals surface area contributed by atoms with Crippen LogP contribution in [0.3, 0.4) is 0 Å². The number of hydrogen-bond acceptors (Lipinski definition) is 3. The van der Waals surface area contributed by atoms with E-state index in [2.05, 4.69) is 5.16 Å². The van der Waals surface area contributed by atoms with Crippen LogP contribution in [0.1, 0.15) is 5.56 Å². The molecule has 0 aliphatic carbocycles. The van der Waals surface area contributed by atoms with Crippen molar-refractivity contribution in [2.45, 2.75) is 0 Å². The zero-order valence-electron chi connectivity index (χ0n) is 9.22. The van der Waals surface area contributed by atoms with Gasteiger partial charge in [0.25, 0.3) is 0 Å². The molecule has 0 radical (unpaired) electrons. The SMILES string of the molecule is ON=C(C[NH+]1CCOCC1)c1ccccc1. The Morgan fingerprint density at radius 2 is 1.94 bits per heavy atom. The van der Waals surface area contributed by atoms with Gasteiger partial charge in [-0.05, 0) is 0 Å². The molecule has 1 saturated heterocycles. The van der Waals surface area contributed by atoms with Gasteiger partial charge in [-0.15, -0.1) is 0 Å². The number of morpholine rings is 1. The predicted octanol–water partition coefficient (Wildman–Crippen LogP) is -0.220. The highest BCUT2D eigenvalue weighted by Gasteiger charge is 2.17. The molecule has 0 saturated carbocycles. The average molecular weight is 221 g/mol. The maximum absolute atomic E-state index is 9.05. The first-order valence-electron chi connectivity index (χ1n) is 5.58. The molecule has 4 heteroatoms. The van der Waals surface area contributed by atoms with Crippen molar-refractivity contribution in [1.29, 1.82) is 0 Å². The predicted molar refractivity (Wildman–Crippen MR) is 61.1 cm³/mol. The molecule has 1 fully saturated rings. The summed E-state index contributed by atoms with van der Waals surface area (Å²) in [5.74, 6) is 0. The molecular weight excluding hydrogens is 204 g/mol. The van der Waals surface area contributed by atoms with E-state index in [1.165, 1.54) is 4.90 Å². The van der Waals surface area contributed by atoms with Crippen LogP contribution in [0.25, 0.3) is 0 Å². The first kappa shape index (κ1) is 11.1. The highest BCUT2D eigenvalue weighted by Crippen LogP contribution is 1.99. The maximum Gasteiger partial charge on any atom is 0.141 e. The summed E-state index contributed by atoms with van der Waals surface area (Å²) >= 11 is 0. The second-order valence-electron chi connectivity index (χ2n) is 3.95. The molecule has 0 bridgehead atoms. The fourth-order valence-corrected chi connectivity index (χ4v) is 1.90. The van der Waals surface area contributed by atoms with E-state index < -0.39 is 0 Å². The van der Waals surface area contributed by atoms with Crippen molar-refractivity contribution in [3.05, 3.63) is 35.9 Å². The lowest BCUT2D eigenvalue weighted by atomic mass is 10.1. The van der Waals surface area contributed by atoms with Crippen LogP contribution >= 0.6 is 0 Å². The summed E-state index contributed by atoms with van der Waals surface area (Å²) in [6, 6.07) is 9.80. The number of nitrogens with zero attached hydrogens (tertiary/aromatic N) is 1. The molecule has 0 unspecified atom stereocenters. The zero-order valence-corrected chi connectivity index (χ0v) is 9.22. The number of hydrogen-bond donors (Lipinski definition) is 2. The molecule has 2 rings (SSSR count). The summed E-state index contributed by atoms with van der Waals surface area (Å²) in [6.07, 6.45) is 0. The standard InChI is InChI=1S/C12H16N2O2/c15-13-12(11-4-2-1-3-5-11)10-14-6-8-16-9-7-14/h1-5,15H,6-10H2/p+1. The number of benzene rings is 1. The van der Waals surface area contributed by atoms with Crippen molar-refractivity contribution >= 4 is 5.71 Å². The van der Waals surface area contributed by atoms with Crippen LogP contribution in [-0.4, -0.2) is 43.8 Å². The summed E-state index contributed by atoms with van der Waals surface area (Å²) in [7, 11) is 0. The van der Waals surface area contributed by atoms with E-state index in [-0.39, 0.29) is 0 Å². The molecule has 0 spiro atoms. The Morgan fingerprint density at radius 1 is 1.25 bits per heavy atom. The van der Waals surface area contributed by atoms with E-state index in [0.29, 0.717) is 0 Å². The van der Waals surface area contributed by atoms with Crippen LogP contribution in [0, 0.1) is 0 Å². The Hall–Kier alpha value is -1.39. The number of nitrogens with one attached hydrogen (secondary N) is 1. The molecular formula is C12H17N2O2+. The molecule has 2 N–H and O–H groups in total. The van der Waals surface area contributed by atoms with Gasteiger partial charge in [-0.1, -0.05) is 35.5 Å². The molecule has 0 atom stereocenters. The molecule has 4 nitrogen and oxygen atoms in total. The van der Waals surface area contributed by atoms with Crippen LogP contribution < -0.4 is 4.90 Å². The normalized spacial score (nSPS) is 18.6. The third-order valence-corrected chi connectivity index (χ3v) is 2.85. The van der Waals surface area contributed by atoms with Crippen LogP contribution in [0.5, 0.6) is 0 Å². The smallest absolute Gasteiger partial charge is 0.141 e. The molecule has 1 aliphatic rings. The lowest BCUT2D eigenvalue weighted by Gasteiger charge is -2.23. The van der Waals surface area contributed by atoms with Gasteiger partial charge in [-0.3, -0.25) is 0 Å². The number of ether oxygens (including phenoxy) is 1. The Bertz CT molecular complexity index is 345. The minimum atomic E-state index is 0.748. The topological polar surface area (TPSA) is 46.3 Å². The van der Waals surface area contributed by atoms with E-state index in [1.54, 1.807) is 0 Å². The average Bonchev–Trinajstić information content (AvgIpc) is 2.38. The summed E-state index contributed by atoms with van der Waals surface area (Å²) in [5, 5.41) is 12.5. The third-order valence-electron chi connectivity index (χ3n) is 2.85. The van der Waals surface area contributed by atoms with Crippen molar-refractivity contribution in [2.24, 2.45) is 5.16 Å². The summed E-state index contributed by atoms with van der Waals surface area (Å²) in [6.45, 7) is 4.30. The maximum atomic E-state index is 9.05. The van der Waals surface area contributed by atoms with E-state index in [1.807, 2.05) is 30.3 Å². The lowest BCUT2D eigenvalue weighted by Crippen LogP contribution is -3.14. The van der Waals surface area contributed by atoms with Gasteiger partial charge in [-0.25, -0.2) is 0 Å². The second kappa shape index (κ2) is 5.63. The van der Waals surface area contributed by atoms with Gasteiger partial charge in [0.05, 0.1) is 13.2 Å². The van der Waals surface area contributed by atoms with Gasteiger partial charge in [0.2, 0.25) is 0 Å². The van der Waals surface area contributed by atoms with Crippen LogP contribution in [-0.2, 0) is 4.74 Å². The lowest BCUT2D eigenvalue weighted by molar-refractivity contribution is -0.899. The molecule has 1 aromatic carbocycles. The fraction of sp³-hybridized carbons (Fsp3) is 0.417. The molecule has 1 heterocycles. The number of oxime groups is 1. The Morgan fingerprint density at radius 3 is 2.56 bits per heavy atom. The minimum Gasteiger partial charge on any atom is -0.410 e. The Labute approximate surface area is 95.1 Å². The highest BCUT2D eigenvalue weighted by atomic mass is 16.5. The number of quaternary nitrogens is 1. The van der Waals surface area contributed by atoms with Crippen LogP contribution in [0.2, 0.25) is 0 Å². The van der Waals surface area contributed by atoms with E-state index in [4.69, 9.17) is 9.94 Å². The summed E-state index contributed by atoms with van der Waals surface area (Å²) < 4.78 is 5.30. The third kappa shape index (κ3) is 2.81. The molecule has 1 aromatic rings. The van der Waals surface area contributed by atoms with Crippen molar-refractivity contribution in [3.63, 3.8) is 0 Å². The quantitative estimate of drug-likeness (QED) is 0.421. The molecule has 16 heavy (non-hydrogen) atoms. The van der Waals surface area contributed by atoms with Gasteiger partial charge < -0.3 is 14.8 Å². The van der Waals surface area contributed by atoms with Gasteiger partial charge >= 0.3 is 0 Å². The Balaban J connectivity index is 2.01. The van der Waals surface area contributed by atoms with Crippen LogP contribution in [0.4, 0.5) is 0 Å². The van der Waals surface area contributed by atoms with Crippen molar-refractivity contribution in [1.82, 2.24) is 0 Å². The van der Waals surface area contributed by atoms with Crippen molar-refractivity contribution in [2.75, 3.05) is 32.8 Å². The van der Waals surface area contributed by atoms with Gasteiger partial charge in [0.1, 0.15) is 25.3 Å². The van der Waals surface area contributed by atoms with Crippen molar-refractivity contribution in [3.8, 4) is 0 Å².